The number of anilines is 1. The van der Waals surface area contributed by atoms with Gasteiger partial charge in [0.05, 0.1) is 12.5 Å². The van der Waals surface area contributed by atoms with Crippen LogP contribution in [0.25, 0.3) is 11.1 Å². The highest BCUT2D eigenvalue weighted by molar-refractivity contribution is 6.21. The Hall–Kier alpha value is -3.00. The highest BCUT2D eigenvalue weighted by Gasteiger charge is 2.44. The zero-order chi connectivity index (χ0) is 19.3. The second-order valence-corrected chi connectivity index (χ2v) is 7.41. The molecule has 0 bridgehead atoms. The fourth-order valence-electron chi connectivity index (χ4n) is 4.12. The Kier molecular flexibility index (Phi) is 4.01. The Morgan fingerprint density at radius 1 is 1.14 bits per heavy atom. The molecular formula is C20H20N4O4. The smallest absolute Gasteiger partial charge is 0.252 e. The van der Waals surface area contributed by atoms with Crippen molar-refractivity contribution in [1.29, 1.82) is 0 Å². The van der Waals surface area contributed by atoms with Gasteiger partial charge in [-0.3, -0.25) is 14.5 Å². The van der Waals surface area contributed by atoms with Crippen molar-refractivity contribution in [3.8, 4) is 0 Å². The van der Waals surface area contributed by atoms with Gasteiger partial charge in [-0.25, -0.2) is 9.88 Å². The van der Waals surface area contributed by atoms with Gasteiger partial charge in [0.2, 0.25) is 5.91 Å². The van der Waals surface area contributed by atoms with Crippen molar-refractivity contribution in [1.82, 2.24) is 15.0 Å². The molecular weight excluding hydrogens is 360 g/mol. The molecule has 4 heterocycles. The third kappa shape index (κ3) is 2.80. The van der Waals surface area contributed by atoms with Crippen molar-refractivity contribution in [2.75, 3.05) is 18.0 Å². The molecule has 2 saturated heterocycles. The molecule has 2 amide bonds. The van der Waals surface area contributed by atoms with Gasteiger partial charge in [-0.2, -0.15) is 0 Å². The lowest BCUT2D eigenvalue weighted by Gasteiger charge is -2.33. The predicted octanol–water partition coefficient (Wildman–Crippen LogP) is 2.64. The lowest BCUT2D eigenvalue weighted by atomic mass is 9.95. The van der Waals surface area contributed by atoms with Crippen LogP contribution < -0.4 is 4.90 Å². The third-order valence-electron chi connectivity index (χ3n) is 5.60. The standard InChI is InChI=1S/C20H20N4O4/c1-12-10-17(22-28-12)24-18(25)11-15(20(24)26)23-8-6-13(7-9-23)19-21-14-4-2-3-5-16(14)27-19/h2-5,10,13,15H,6-9,11H2,1H3/t15-/m1/s1. The monoisotopic (exact) mass is 380 g/mol. The number of hydrogen-bond acceptors (Lipinski definition) is 7. The number of fused-ring (bicyclic) bond motifs is 1. The number of para-hydroxylation sites is 2. The molecule has 144 valence electrons. The van der Waals surface area contributed by atoms with Crippen molar-refractivity contribution in [3.05, 3.63) is 42.0 Å². The van der Waals surface area contributed by atoms with E-state index in [2.05, 4.69) is 15.0 Å². The molecule has 3 aromatic rings. The second kappa shape index (κ2) is 6.56. The summed E-state index contributed by atoms with van der Waals surface area (Å²) in [5.74, 6) is 1.37. The van der Waals surface area contributed by atoms with E-state index in [1.807, 2.05) is 24.3 Å². The number of nitrogens with zero attached hydrogens (tertiary/aromatic N) is 4. The summed E-state index contributed by atoms with van der Waals surface area (Å²) in [6, 6.07) is 8.92. The third-order valence-corrected chi connectivity index (χ3v) is 5.60. The van der Waals surface area contributed by atoms with E-state index in [0.717, 1.165) is 47.8 Å². The van der Waals surface area contributed by atoms with Gasteiger partial charge in [0, 0.05) is 12.0 Å². The molecule has 2 fully saturated rings. The van der Waals surface area contributed by atoms with Crippen LogP contribution in [0, 0.1) is 6.92 Å². The van der Waals surface area contributed by atoms with E-state index in [-0.39, 0.29) is 30.0 Å². The average Bonchev–Trinajstić information content (AvgIpc) is 3.39. The zero-order valence-corrected chi connectivity index (χ0v) is 15.5. The van der Waals surface area contributed by atoms with Crippen molar-refractivity contribution in [2.45, 2.75) is 38.1 Å². The maximum Gasteiger partial charge on any atom is 0.252 e. The molecule has 0 unspecified atom stereocenters. The quantitative estimate of drug-likeness (QED) is 0.645. The number of rotatable bonds is 3. The number of piperidine rings is 1. The van der Waals surface area contributed by atoms with Gasteiger partial charge in [-0.1, -0.05) is 17.3 Å². The fraction of sp³-hybridized carbons (Fsp3) is 0.400. The van der Waals surface area contributed by atoms with Gasteiger partial charge < -0.3 is 8.94 Å². The molecule has 2 aliphatic rings. The van der Waals surface area contributed by atoms with E-state index < -0.39 is 6.04 Å². The molecule has 1 atom stereocenters. The Balaban J connectivity index is 1.28. The largest absolute Gasteiger partial charge is 0.440 e. The van der Waals surface area contributed by atoms with Crippen molar-refractivity contribution in [2.24, 2.45) is 0 Å². The number of oxazole rings is 1. The number of aromatic nitrogens is 2. The predicted molar refractivity (Wildman–Crippen MR) is 99.7 cm³/mol. The molecule has 2 aromatic heterocycles. The van der Waals surface area contributed by atoms with Crippen LogP contribution in [0.4, 0.5) is 5.82 Å². The van der Waals surface area contributed by atoms with E-state index in [4.69, 9.17) is 8.94 Å². The first-order valence-electron chi connectivity index (χ1n) is 9.50. The minimum absolute atomic E-state index is 0.179. The van der Waals surface area contributed by atoms with Crippen LogP contribution in [0.5, 0.6) is 0 Å². The summed E-state index contributed by atoms with van der Waals surface area (Å²) in [7, 11) is 0. The summed E-state index contributed by atoms with van der Waals surface area (Å²) in [5, 5.41) is 3.82. The molecule has 5 rings (SSSR count). The molecule has 8 nitrogen and oxygen atoms in total. The van der Waals surface area contributed by atoms with Crippen LogP contribution >= 0.6 is 0 Å². The lowest BCUT2D eigenvalue weighted by Crippen LogP contribution is -2.45. The summed E-state index contributed by atoms with van der Waals surface area (Å²) in [6.07, 6.45) is 1.86. The summed E-state index contributed by atoms with van der Waals surface area (Å²) in [5.41, 5.74) is 1.67. The molecule has 8 heteroatoms. The lowest BCUT2D eigenvalue weighted by molar-refractivity contribution is -0.123. The van der Waals surface area contributed by atoms with Crippen LogP contribution in [-0.4, -0.2) is 46.0 Å². The summed E-state index contributed by atoms with van der Waals surface area (Å²) in [4.78, 5) is 33.1. The SMILES string of the molecule is Cc1cc(N2C(=O)C[C@@H](N3CCC(c4nc5ccccc5o4)CC3)C2=O)no1. The molecule has 0 radical (unpaired) electrons. The molecule has 28 heavy (non-hydrogen) atoms. The van der Waals surface area contributed by atoms with E-state index in [1.54, 1.807) is 13.0 Å². The Labute approximate surface area is 161 Å². The Morgan fingerprint density at radius 2 is 1.93 bits per heavy atom. The number of imide groups is 1. The zero-order valence-electron chi connectivity index (χ0n) is 15.5. The normalized spacial score (nSPS) is 21.9. The number of benzene rings is 1. The number of likely N-dealkylation sites (tertiary alicyclic amines) is 1. The van der Waals surface area contributed by atoms with Crippen molar-refractivity contribution >= 4 is 28.7 Å². The molecule has 0 aliphatic carbocycles. The molecule has 0 saturated carbocycles. The first-order valence-corrected chi connectivity index (χ1v) is 9.50. The van der Waals surface area contributed by atoms with Crippen molar-refractivity contribution in [3.63, 3.8) is 0 Å². The topological polar surface area (TPSA) is 92.7 Å². The van der Waals surface area contributed by atoms with Gasteiger partial charge in [0.1, 0.15) is 11.3 Å². The maximum absolute atomic E-state index is 12.8. The van der Waals surface area contributed by atoms with Crippen LogP contribution in [-0.2, 0) is 9.59 Å². The van der Waals surface area contributed by atoms with Crippen LogP contribution in [0.3, 0.4) is 0 Å². The highest BCUT2D eigenvalue weighted by Crippen LogP contribution is 2.33. The number of aryl methyl sites for hydroxylation is 1. The van der Waals surface area contributed by atoms with E-state index in [9.17, 15) is 9.59 Å². The molecule has 0 spiro atoms. The minimum Gasteiger partial charge on any atom is -0.440 e. The number of carbonyl (C=O) groups excluding carboxylic acids is 2. The fourth-order valence-corrected chi connectivity index (χ4v) is 4.12. The minimum atomic E-state index is -0.436. The second-order valence-electron chi connectivity index (χ2n) is 7.41. The summed E-state index contributed by atoms with van der Waals surface area (Å²) in [6.45, 7) is 3.17. The molecule has 0 N–H and O–H groups in total. The number of hydrogen-bond donors (Lipinski definition) is 0. The van der Waals surface area contributed by atoms with Crippen molar-refractivity contribution < 1.29 is 18.5 Å². The van der Waals surface area contributed by atoms with Gasteiger partial charge >= 0.3 is 0 Å². The average molecular weight is 380 g/mol. The van der Waals surface area contributed by atoms with Gasteiger partial charge in [0.15, 0.2) is 17.3 Å². The van der Waals surface area contributed by atoms with E-state index in [0.29, 0.717) is 5.76 Å². The van der Waals surface area contributed by atoms with Gasteiger partial charge in [-0.05, 0) is 45.0 Å². The van der Waals surface area contributed by atoms with Crippen LogP contribution in [0.2, 0.25) is 0 Å². The Bertz CT molecular complexity index is 1010. The van der Waals surface area contributed by atoms with Gasteiger partial charge in [0.25, 0.3) is 5.91 Å². The van der Waals surface area contributed by atoms with Crippen LogP contribution in [0.1, 0.15) is 36.8 Å². The number of amides is 2. The summed E-state index contributed by atoms with van der Waals surface area (Å²) < 4.78 is 10.9. The number of carbonyl (C=O) groups is 2. The maximum atomic E-state index is 12.8. The Morgan fingerprint density at radius 3 is 2.64 bits per heavy atom. The van der Waals surface area contributed by atoms with Crippen LogP contribution in [0.15, 0.2) is 39.3 Å². The molecule has 1 aromatic carbocycles. The first-order chi connectivity index (χ1) is 13.6. The van der Waals surface area contributed by atoms with E-state index in [1.165, 1.54) is 0 Å². The highest BCUT2D eigenvalue weighted by atomic mass is 16.5. The van der Waals surface area contributed by atoms with E-state index >= 15 is 0 Å². The summed E-state index contributed by atoms with van der Waals surface area (Å²) >= 11 is 0. The van der Waals surface area contributed by atoms with Gasteiger partial charge in [-0.15, -0.1) is 0 Å². The first kappa shape index (κ1) is 17.1. The molecule has 2 aliphatic heterocycles.